The Balaban J connectivity index is 2.01. The molecule has 1 heterocycles. The Labute approximate surface area is 167 Å². The lowest BCUT2D eigenvalue weighted by molar-refractivity contribution is -0.122. The molecule has 0 saturated carbocycles. The van der Waals surface area contributed by atoms with Gasteiger partial charge in [-0.3, -0.25) is 19.8 Å². The SMILES string of the molecule is O=C1NC(=S)N(c2ccc(Cl)cc2)C(=O)/C1=C/c1ccc(O)c(I)c1. The number of halogens is 2. The summed E-state index contributed by atoms with van der Waals surface area (Å²) in [5.74, 6) is -0.964. The van der Waals surface area contributed by atoms with Crippen molar-refractivity contribution < 1.29 is 14.7 Å². The van der Waals surface area contributed by atoms with E-state index >= 15 is 0 Å². The number of amides is 2. The van der Waals surface area contributed by atoms with E-state index in [4.69, 9.17) is 23.8 Å². The minimum atomic E-state index is -0.566. The molecule has 0 aromatic heterocycles. The lowest BCUT2D eigenvalue weighted by Gasteiger charge is -2.28. The maximum absolute atomic E-state index is 12.8. The van der Waals surface area contributed by atoms with Crippen LogP contribution in [0.1, 0.15) is 5.56 Å². The first kappa shape index (κ1) is 17.8. The fourth-order valence-corrected chi connectivity index (χ4v) is 3.21. The molecule has 2 aromatic rings. The van der Waals surface area contributed by atoms with E-state index in [2.05, 4.69) is 5.32 Å². The molecule has 0 spiro atoms. The zero-order chi connectivity index (χ0) is 18.1. The van der Waals surface area contributed by atoms with Crippen molar-refractivity contribution in [3.05, 3.63) is 62.2 Å². The number of aromatic hydroxyl groups is 1. The molecule has 0 atom stereocenters. The number of benzene rings is 2. The third kappa shape index (κ3) is 3.68. The van der Waals surface area contributed by atoms with Crippen molar-refractivity contribution in [1.29, 1.82) is 0 Å². The summed E-state index contributed by atoms with van der Waals surface area (Å²) in [7, 11) is 0. The fraction of sp³-hybridized carbons (Fsp3) is 0. The third-order valence-corrected chi connectivity index (χ3v) is 4.87. The maximum atomic E-state index is 12.8. The molecule has 2 aromatic carbocycles. The van der Waals surface area contributed by atoms with E-state index in [1.54, 1.807) is 36.4 Å². The first-order chi connectivity index (χ1) is 11.9. The van der Waals surface area contributed by atoms with Crippen molar-refractivity contribution in [2.24, 2.45) is 0 Å². The second-order valence-electron chi connectivity index (χ2n) is 5.15. The third-order valence-electron chi connectivity index (χ3n) is 3.47. The van der Waals surface area contributed by atoms with Gasteiger partial charge in [0.1, 0.15) is 11.3 Å². The summed E-state index contributed by atoms with van der Waals surface area (Å²) >= 11 is 13.0. The van der Waals surface area contributed by atoms with Gasteiger partial charge in [-0.15, -0.1) is 0 Å². The van der Waals surface area contributed by atoms with Crippen LogP contribution in [0.4, 0.5) is 5.69 Å². The number of phenolic OH excluding ortho intramolecular Hbond substituents is 1. The Morgan fingerprint density at radius 3 is 2.48 bits per heavy atom. The van der Waals surface area contributed by atoms with Gasteiger partial charge in [0.2, 0.25) is 0 Å². The van der Waals surface area contributed by atoms with Crippen molar-refractivity contribution in [3.63, 3.8) is 0 Å². The zero-order valence-corrected chi connectivity index (χ0v) is 16.2. The topological polar surface area (TPSA) is 69.6 Å². The number of phenols is 1. The Morgan fingerprint density at radius 2 is 1.84 bits per heavy atom. The highest BCUT2D eigenvalue weighted by Crippen LogP contribution is 2.25. The first-order valence-corrected chi connectivity index (χ1v) is 8.89. The van der Waals surface area contributed by atoms with Crippen molar-refractivity contribution >= 4 is 75.1 Å². The number of nitrogens with zero attached hydrogens (tertiary/aromatic N) is 1. The lowest BCUT2D eigenvalue weighted by atomic mass is 10.1. The number of hydrogen-bond donors (Lipinski definition) is 2. The van der Waals surface area contributed by atoms with E-state index in [-0.39, 0.29) is 16.4 Å². The average molecular weight is 485 g/mol. The van der Waals surface area contributed by atoms with Gasteiger partial charge in [0.15, 0.2) is 5.11 Å². The molecule has 1 fully saturated rings. The van der Waals surface area contributed by atoms with Crippen molar-refractivity contribution in [2.75, 3.05) is 4.90 Å². The minimum Gasteiger partial charge on any atom is -0.507 e. The molecule has 1 aliphatic rings. The van der Waals surface area contributed by atoms with Gasteiger partial charge in [0.25, 0.3) is 11.8 Å². The van der Waals surface area contributed by atoms with Gasteiger partial charge in [-0.25, -0.2) is 0 Å². The molecule has 0 radical (unpaired) electrons. The van der Waals surface area contributed by atoms with E-state index < -0.39 is 11.8 Å². The lowest BCUT2D eigenvalue weighted by Crippen LogP contribution is -2.54. The summed E-state index contributed by atoms with van der Waals surface area (Å²) in [6.45, 7) is 0. The second-order valence-corrected chi connectivity index (χ2v) is 7.13. The molecule has 8 heteroatoms. The minimum absolute atomic E-state index is 0.00904. The largest absolute Gasteiger partial charge is 0.507 e. The highest BCUT2D eigenvalue weighted by molar-refractivity contribution is 14.1. The van der Waals surface area contributed by atoms with Gasteiger partial charge >= 0.3 is 0 Å². The van der Waals surface area contributed by atoms with Crippen LogP contribution in [-0.2, 0) is 9.59 Å². The van der Waals surface area contributed by atoms with Crippen LogP contribution in [0, 0.1) is 3.57 Å². The van der Waals surface area contributed by atoms with Crippen molar-refractivity contribution in [1.82, 2.24) is 5.32 Å². The van der Waals surface area contributed by atoms with Gasteiger partial charge in [-0.2, -0.15) is 0 Å². The highest BCUT2D eigenvalue weighted by atomic mass is 127. The zero-order valence-electron chi connectivity index (χ0n) is 12.5. The molecule has 25 heavy (non-hydrogen) atoms. The maximum Gasteiger partial charge on any atom is 0.270 e. The first-order valence-electron chi connectivity index (χ1n) is 7.02. The number of thiocarbonyl (C=S) groups is 1. The van der Waals surface area contributed by atoms with Gasteiger partial charge in [0.05, 0.1) is 9.26 Å². The van der Waals surface area contributed by atoms with Crippen LogP contribution in [-0.4, -0.2) is 22.0 Å². The molecule has 0 unspecified atom stereocenters. The monoisotopic (exact) mass is 484 g/mol. The van der Waals surface area contributed by atoms with Crippen LogP contribution in [0.25, 0.3) is 6.08 Å². The average Bonchev–Trinajstić information content (AvgIpc) is 2.56. The van der Waals surface area contributed by atoms with E-state index in [0.29, 0.717) is 19.8 Å². The molecule has 2 amide bonds. The fourth-order valence-electron chi connectivity index (χ4n) is 2.26. The molecule has 0 bridgehead atoms. The quantitative estimate of drug-likeness (QED) is 0.296. The standard InChI is InChI=1S/C17H10ClIN2O3S/c18-10-2-4-11(5-3-10)21-16(24)12(15(23)20-17(21)25)7-9-1-6-14(22)13(19)8-9/h1-8,22H,(H,20,23,25)/b12-7+. The number of carbonyl (C=O) groups excluding carboxylic acids is 2. The summed E-state index contributed by atoms with van der Waals surface area (Å²) in [6.07, 6.45) is 1.46. The Hall–Kier alpha value is -1.97. The summed E-state index contributed by atoms with van der Waals surface area (Å²) in [6, 6.07) is 11.3. The van der Waals surface area contributed by atoms with Gasteiger partial charge in [-0.1, -0.05) is 17.7 Å². The van der Waals surface area contributed by atoms with Gasteiger partial charge in [-0.05, 0) is 82.8 Å². The number of carbonyl (C=O) groups is 2. The molecule has 2 N–H and O–H groups in total. The normalized spacial score (nSPS) is 16.3. The highest BCUT2D eigenvalue weighted by Gasteiger charge is 2.34. The number of anilines is 1. The van der Waals surface area contributed by atoms with E-state index in [1.807, 2.05) is 22.6 Å². The molecular weight excluding hydrogens is 475 g/mol. The van der Waals surface area contributed by atoms with Crippen molar-refractivity contribution in [3.8, 4) is 5.75 Å². The molecule has 1 aliphatic heterocycles. The number of hydrogen-bond acceptors (Lipinski definition) is 4. The Bertz CT molecular complexity index is 928. The van der Waals surface area contributed by atoms with Crippen molar-refractivity contribution in [2.45, 2.75) is 0 Å². The van der Waals surface area contributed by atoms with Crippen LogP contribution >= 0.6 is 46.4 Å². The van der Waals surface area contributed by atoms with Crippen LogP contribution in [0.3, 0.4) is 0 Å². The second kappa shape index (κ2) is 7.11. The summed E-state index contributed by atoms with van der Waals surface area (Å²) < 4.78 is 0.612. The Kier molecular flexibility index (Phi) is 5.07. The molecule has 126 valence electrons. The summed E-state index contributed by atoms with van der Waals surface area (Å²) in [5.41, 5.74) is 1.07. The molecule has 3 rings (SSSR count). The number of nitrogens with one attached hydrogen (secondary N) is 1. The molecule has 0 aliphatic carbocycles. The predicted octanol–water partition coefficient (Wildman–Crippen LogP) is 3.48. The van der Waals surface area contributed by atoms with Crippen LogP contribution in [0.15, 0.2) is 48.0 Å². The smallest absolute Gasteiger partial charge is 0.270 e. The van der Waals surface area contributed by atoms with Crippen LogP contribution < -0.4 is 10.2 Å². The predicted molar refractivity (Wildman–Crippen MR) is 108 cm³/mol. The van der Waals surface area contributed by atoms with Crippen LogP contribution in [0.2, 0.25) is 5.02 Å². The molecular formula is C17H10ClIN2O3S. The summed E-state index contributed by atoms with van der Waals surface area (Å²) in [5, 5.41) is 12.6. The van der Waals surface area contributed by atoms with Gasteiger partial charge < -0.3 is 5.11 Å². The summed E-state index contributed by atoms with van der Waals surface area (Å²) in [4.78, 5) is 26.3. The van der Waals surface area contributed by atoms with E-state index in [1.165, 1.54) is 17.0 Å². The molecule has 1 saturated heterocycles. The Morgan fingerprint density at radius 1 is 1.16 bits per heavy atom. The van der Waals surface area contributed by atoms with Crippen LogP contribution in [0.5, 0.6) is 5.75 Å². The number of rotatable bonds is 2. The van der Waals surface area contributed by atoms with Gasteiger partial charge in [0, 0.05) is 5.02 Å². The molecule has 5 nitrogen and oxygen atoms in total. The van der Waals surface area contributed by atoms with E-state index in [9.17, 15) is 14.7 Å². The van der Waals surface area contributed by atoms with E-state index in [0.717, 1.165) is 0 Å².